The molecule has 2 aliphatic carbocycles. The molecule has 2 heterocycles. The Bertz CT molecular complexity index is 748. The lowest BCUT2D eigenvalue weighted by Crippen LogP contribution is -2.65. The average Bonchev–Trinajstić information content (AvgIpc) is 3.00. The first-order valence-corrected chi connectivity index (χ1v) is 9.57. The maximum Gasteiger partial charge on any atom is 0.165 e. The summed E-state index contributed by atoms with van der Waals surface area (Å²) < 4.78 is 23.6. The maximum atomic E-state index is 6.62. The molecule has 2 bridgehead atoms. The van der Waals surface area contributed by atoms with Crippen LogP contribution in [-0.2, 0) is 21.3 Å². The Morgan fingerprint density at radius 2 is 2.12 bits per heavy atom. The van der Waals surface area contributed by atoms with Crippen molar-refractivity contribution in [2.24, 2.45) is 5.92 Å². The van der Waals surface area contributed by atoms with Crippen LogP contribution in [0, 0.1) is 5.92 Å². The van der Waals surface area contributed by atoms with Crippen LogP contribution in [0.3, 0.4) is 0 Å². The van der Waals surface area contributed by atoms with Crippen molar-refractivity contribution >= 4 is 0 Å². The van der Waals surface area contributed by atoms with Gasteiger partial charge in [0.2, 0.25) is 0 Å². The van der Waals surface area contributed by atoms with Gasteiger partial charge in [0.1, 0.15) is 12.2 Å². The minimum Gasteiger partial charge on any atom is -0.493 e. The van der Waals surface area contributed by atoms with Gasteiger partial charge >= 0.3 is 0 Å². The lowest BCUT2D eigenvalue weighted by molar-refractivity contribution is -0.0774. The van der Waals surface area contributed by atoms with Gasteiger partial charge < -0.3 is 23.8 Å². The van der Waals surface area contributed by atoms with Gasteiger partial charge in [-0.15, -0.1) is 0 Å². The molecule has 0 radical (unpaired) electrons. The summed E-state index contributed by atoms with van der Waals surface area (Å²) in [5.74, 6) is 2.26. The Hall–Kier alpha value is -1.56. The van der Waals surface area contributed by atoms with Crippen molar-refractivity contribution in [1.29, 1.82) is 0 Å². The van der Waals surface area contributed by atoms with E-state index in [2.05, 4.69) is 36.2 Å². The van der Waals surface area contributed by atoms with Crippen LogP contribution in [0.2, 0.25) is 0 Å². The Balaban J connectivity index is 1.64. The fraction of sp³-hybridized carbons (Fsp3) is 0.619. The van der Waals surface area contributed by atoms with Gasteiger partial charge in [-0.3, -0.25) is 0 Å². The number of likely N-dealkylation sites (tertiary alicyclic amines) is 1. The molecule has 1 aromatic carbocycles. The Labute approximate surface area is 154 Å². The second-order valence-corrected chi connectivity index (χ2v) is 7.95. The van der Waals surface area contributed by atoms with E-state index in [0.29, 0.717) is 25.2 Å². The largest absolute Gasteiger partial charge is 0.493 e. The fourth-order valence-electron chi connectivity index (χ4n) is 5.78. The van der Waals surface area contributed by atoms with Crippen LogP contribution in [0.1, 0.15) is 17.5 Å². The highest BCUT2D eigenvalue weighted by Crippen LogP contribution is 2.62. The molecular weight excluding hydrogens is 330 g/mol. The van der Waals surface area contributed by atoms with E-state index in [-0.39, 0.29) is 17.6 Å². The lowest BCUT2D eigenvalue weighted by Gasteiger charge is -2.56. The zero-order valence-corrected chi connectivity index (χ0v) is 15.7. The number of benzene rings is 1. The molecule has 140 valence electrons. The third-order valence-corrected chi connectivity index (χ3v) is 6.93. The second-order valence-electron chi connectivity index (χ2n) is 7.95. The van der Waals surface area contributed by atoms with Crippen molar-refractivity contribution in [3.05, 3.63) is 35.4 Å². The van der Waals surface area contributed by atoms with Crippen LogP contribution in [-0.4, -0.2) is 64.2 Å². The summed E-state index contributed by atoms with van der Waals surface area (Å²) in [6.45, 7) is 2.27. The predicted molar refractivity (Wildman–Crippen MR) is 98.1 cm³/mol. The molecule has 5 heteroatoms. The number of likely N-dealkylation sites (N-methyl/N-ethyl adjacent to an activating group) is 1. The number of ether oxygens (including phenoxy) is 4. The third kappa shape index (κ3) is 2.02. The van der Waals surface area contributed by atoms with E-state index >= 15 is 0 Å². The van der Waals surface area contributed by atoms with E-state index in [4.69, 9.17) is 18.9 Å². The fourth-order valence-corrected chi connectivity index (χ4v) is 5.78. The molecule has 4 aliphatic rings. The average molecular weight is 357 g/mol. The van der Waals surface area contributed by atoms with E-state index in [0.717, 1.165) is 30.9 Å². The van der Waals surface area contributed by atoms with Crippen LogP contribution in [0.15, 0.2) is 24.3 Å². The molecular formula is C21H27NO4. The molecule has 1 fully saturated rings. The van der Waals surface area contributed by atoms with Crippen molar-refractivity contribution < 1.29 is 18.9 Å². The van der Waals surface area contributed by atoms with Crippen molar-refractivity contribution in [2.75, 3.05) is 41.0 Å². The summed E-state index contributed by atoms with van der Waals surface area (Å²) in [6.07, 6.45) is 6.75. The molecule has 5 atom stereocenters. The van der Waals surface area contributed by atoms with E-state index in [9.17, 15) is 0 Å². The van der Waals surface area contributed by atoms with Crippen LogP contribution < -0.4 is 9.47 Å². The first kappa shape index (κ1) is 16.6. The summed E-state index contributed by atoms with van der Waals surface area (Å²) in [7, 11) is 5.69. The van der Waals surface area contributed by atoms with Gasteiger partial charge in [0, 0.05) is 30.0 Å². The van der Waals surface area contributed by atoms with E-state index in [1.165, 1.54) is 11.1 Å². The number of methoxy groups -OCH3 is 2. The number of hydrogen-bond donors (Lipinski definition) is 0. The molecule has 3 unspecified atom stereocenters. The SMILES string of the molecule is COCCO[C@H]1C=CC2C3Cc4ccc(OC)c5c4[C@@]2(CCN3C)C1O5. The molecule has 1 saturated heterocycles. The summed E-state index contributed by atoms with van der Waals surface area (Å²) in [4.78, 5) is 2.52. The lowest BCUT2D eigenvalue weighted by atomic mass is 9.53. The summed E-state index contributed by atoms with van der Waals surface area (Å²) in [5.41, 5.74) is 2.81. The molecule has 1 spiro atoms. The van der Waals surface area contributed by atoms with E-state index in [1.54, 1.807) is 14.2 Å². The first-order valence-electron chi connectivity index (χ1n) is 9.57. The minimum atomic E-state index is -0.0477. The van der Waals surface area contributed by atoms with Crippen LogP contribution >= 0.6 is 0 Å². The van der Waals surface area contributed by atoms with Crippen molar-refractivity contribution in [1.82, 2.24) is 4.90 Å². The molecule has 26 heavy (non-hydrogen) atoms. The van der Waals surface area contributed by atoms with E-state index < -0.39 is 0 Å². The molecule has 2 aliphatic heterocycles. The van der Waals surface area contributed by atoms with Crippen LogP contribution in [0.5, 0.6) is 11.5 Å². The number of rotatable bonds is 5. The minimum absolute atomic E-state index is 0.00111. The van der Waals surface area contributed by atoms with Crippen molar-refractivity contribution in [3.63, 3.8) is 0 Å². The molecule has 5 rings (SSSR count). The molecule has 0 saturated carbocycles. The number of piperidine rings is 1. The highest BCUT2D eigenvalue weighted by atomic mass is 16.6. The van der Waals surface area contributed by atoms with Gasteiger partial charge in [-0.2, -0.15) is 0 Å². The van der Waals surface area contributed by atoms with Crippen LogP contribution in [0.25, 0.3) is 0 Å². The highest BCUT2D eigenvalue weighted by Gasteiger charge is 2.64. The molecule has 0 aromatic heterocycles. The van der Waals surface area contributed by atoms with Crippen molar-refractivity contribution in [2.45, 2.75) is 36.5 Å². The normalized spacial score (nSPS) is 36.6. The molecule has 0 amide bonds. The Kier molecular flexibility index (Phi) is 3.82. The summed E-state index contributed by atoms with van der Waals surface area (Å²) >= 11 is 0. The zero-order valence-electron chi connectivity index (χ0n) is 15.7. The van der Waals surface area contributed by atoms with Gasteiger partial charge in [-0.1, -0.05) is 18.2 Å². The quantitative estimate of drug-likeness (QED) is 0.597. The molecule has 1 aromatic rings. The zero-order chi connectivity index (χ0) is 17.9. The van der Waals surface area contributed by atoms with Crippen molar-refractivity contribution in [3.8, 4) is 11.5 Å². The first-order chi connectivity index (χ1) is 12.7. The third-order valence-electron chi connectivity index (χ3n) is 6.93. The molecule has 5 nitrogen and oxygen atoms in total. The van der Waals surface area contributed by atoms with Gasteiger partial charge in [0.25, 0.3) is 0 Å². The summed E-state index contributed by atoms with van der Waals surface area (Å²) in [5, 5.41) is 0. The smallest absolute Gasteiger partial charge is 0.165 e. The topological polar surface area (TPSA) is 40.2 Å². The van der Waals surface area contributed by atoms with Gasteiger partial charge in [0.05, 0.1) is 20.3 Å². The molecule has 0 N–H and O–H groups in total. The Morgan fingerprint density at radius 3 is 2.92 bits per heavy atom. The summed E-state index contributed by atoms with van der Waals surface area (Å²) in [6, 6.07) is 4.83. The second kappa shape index (κ2) is 5.98. The number of nitrogens with zero attached hydrogens (tertiary/aromatic N) is 1. The highest BCUT2D eigenvalue weighted by molar-refractivity contribution is 5.62. The predicted octanol–water partition coefficient (Wildman–Crippen LogP) is 2.17. The monoisotopic (exact) mass is 357 g/mol. The maximum absolute atomic E-state index is 6.62. The number of hydrogen-bond acceptors (Lipinski definition) is 5. The Morgan fingerprint density at radius 1 is 1.23 bits per heavy atom. The van der Waals surface area contributed by atoms with Gasteiger partial charge in [-0.25, -0.2) is 0 Å². The van der Waals surface area contributed by atoms with E-state index in [1.807, 2.05) is 0 Å². The standard InChI is InChI=1S/C21H27NO4/c1-22-9-8-21-14-5-7-17(25-11-10-23-2)20(21)26-19-16(24-3)6-4-13(18(19)21)12-15(14)22/h4-7,14-15,17,20H,8-12H2,1-3H3/t14?,15?,17-,20?,21-/m0/s1. The van der Waals surface area contributed by atoms with Crippen LogP contribution in [0.4, 0.5) is 0 Å². The van der Waals surface area contributed by atoms with Gasteiger partial charge in [-0.05, 0) is 38.1 Å². The van der Waals surface area contributed by atoms with Gasteiger partial charge in [0.15, 0.2) is 11.5 Å².